The maximum atomic E-state index is 12.3. The number of carbonyl (C=O) groups excluding carboxylic acids is 1. The number of fused-ring (bicyclic) bond motifs is 1. The van der Waals surface area contributed by atoms with Crippen LogP contribution >= 0.6 is 0 Å². The molecule has 1 amide bonds. The number of amides is 1. The van der Waals surface area contributed by atoms with Gasteiger partial charge in [0.2, 0.25) is 5.91 Å². The summed E-state index contributed by atoms with van der Waals surface area (Å²) in [6, 6.07) is 6.21. The van der Waals surface area contributed by atoms with Crippen molar-refractivity contribution in [1.82, 2.24) is 10.6 Å². The Bertz CT molecular complexity index is 544. The second-order valence-electron chi connectivity index (χ2n) is 5.88. The smallest absolute Gasteiger partial charge is 0.269 e. The van der Waals surface area contributed by atoms with Gasteiger partial charge in [-0.3, -0.25) is 14.9 Å². The molecule has 0 spiro atoms. The molecule has 2 aliphatic rings. The first kappa shape index (κ1) is 14.0. The van der Waals surface area contributed by atoms with Crippen molar-refractivity contribution in [2.24, 2.45) is 11.8 Å². The Morgan fingerprint density at radius 2 is 2.10 bits per heavy atom. The van der Waals surface area contributed by atoms with Crippen molar-refractivity contribution in [2.45, 2.75) is 31.8 Å². The molecule has 3 rings (SSSR count). The Morgan fingerprint density at radius 3 is 2.81 bits per heavy atom. The van der Waals surface area contributed by atoms with Crippen molar-refractivity contribution in [3.8, 4) is 0 Å². The van der Waals surface area contributed by atoms with E-state index in [1.807, 2.05) is 0 Å². The molecule has 6 nitrogen and oxygen atoms in total. The van der Waals surface area contributed by atoms with Crippen molar-refractivity contribution < 1.29 is 9.72 Å². The SMILES string of the molecule is O=C(NCc1ccc([N+](=O)[O-])cc1)C1NCC2CCCC21. The van der Waals surface area contributed by atoms with Crippen molar-refractivity contribution >= 4 is 11.6 Å². The summed E-state index contributed by atoms with van der Waals surface area (Å²) in [6.45, 7) is 1.35. The number of non-ortho nitro benzene ring substituents is 1. The summed E-state index contributed by atoms with van der Waals surface area (Å²) in [5.41, 5.74) is 0.936. The quantitative estimate of drug-likeness (QED) is 0.651. The van der Waals surface area contributed by atoms with E-state index in [4.69, 9.17) is 0 Å². The molecule has 1 aliphatic carbocycles. The zero-order chi connectivity index (χ0) is 14.8. The zero-order valence-corrected chi connectivity index (χ0v) is 11.7. The van der Waals surface area contributed by atoms with Gasteiger partial charge < -0.3 is 10.6 Å². The average Bonchev–Trinajstić information content (AvgIpc) is 3.08. The van der Waals surface area contributed by atoms with E-state index in [2.05, 4.69) is 10.6 Å². The monoisotopic (exact) mass is 289 g/mol. The standard InChI is InChI=1S/C15H19N3O3/c19-15(14-13-3-1-2-11(13)9-16-14)17-8-10-4-6-12(7-5-10)18(20)21/h4-7,11,13-14,16H,1-3,8-9H2,(H,17,19). The van der Waals surface area contributed by atoms with Crippen molar-refractivity contribution in [3.05, 3.63) is 39.9 Å². The fourth-order valence-corrected chi connectivity index (χ4v) is 3.51. The molecule has 0 bridgehead atoms. The molecule has 112 valence electrons. The van der Waals surface area contributed by atoms with E-state index in [9.17, 15) is 14.9 Å². The molecular formula is C15H19N3O3. The molecule has 2 N–H and O–H groups in total. The van der Waals surface area contributed by atoms with Crippen LogP contribution in [0.25, 0.3) is 0 Å². The van der Waals surface area contributed by atoms with E-state index in [1.165, 1.54) is 25.0 Å². The third-order valence-electron chi connectivity index (χ3n) is 4.64. The van der Waals surface area contributed by atoms with E-state index in [0.717, 1.165) is 18.5 Å². The summed E-state index contributed by atoms with van der Waals surface area (Å²) in [6.07, 6.45) is 3.58. The molecular weight excluding hydrogens is 270 g/mol. The van der Waals surface area contributed by atoms with Gasteiger partial charge in [-0.2, -0.15) is 0 Å². The molecule has 1 saturated carbocycles. The van der Waals surface area contributed by atoms with Gasteiger partial charge in [-0.05, 0) is 36.8 Å². The molecule has 21 heavy (non-hydrogen) atoms. The van der Waals surface area contributed by atoms with Crippen LogP contribution in [0.4, 0.5) is 5.69 Å². The first-order valence-corrected chi connectivity index (χ1v) is 7.39. The molecule has 1 heterocycles. The van der Waals surface area contributed by atoms with Gasteiger partial charge in [0.15, 0.2) is 0 Å². The molecule has 0 aromatic heterocycles. The highest BCUT2D eigenvalue weighted by molar-refractivity contribution is 5.82. The lowest BCUT2D eigenvalue weighted by Crippen LogP contribution is -2.43. The van der Waals surface area contributed by atoms with Crippen LogP contribution in [0.3, 0.4) is 0 Å². The van der Waals surface area contributed by atoms with Crippen LogP contribution in [0.2, 0.25) is 0 Å². The second kappa shape index (κ2) is 5.81. The topological polar surface area (TPSA) is 84.3 Å². The largest absolute Gasteiger partial charge is 0.351 e. The first-order valence-electron chi connectivity index (χ1n) is 7.39. The highest BCUT2D eigenvalue weighted by Crippen LogP contribution is 2.37. The number of hydrogen-bond acceptors (Lipinski definition) is 4. The Morgan fingerprint density at radius 1 is 1.33 bits per heavy atom. The highest BCUT2D eigenvalue weighted by atomic mass is 16.6. The van der Waals surface area contributed by atoms with Gasteiger partial charge >= 0.3 is 0 Å². The van der Waals surface area contributed by atoms with E-state index in [1.54, 1.807) is 12.1 Å². The molecule has 1 saturated heterocycles. The fraction of sp³-hybridized carbons (Fsp3) is 0.533. The summed E-state index contributed by atoms with van der Waals surface area (Å²) >= 11 is 0. The second-order valence-corrected chi connectivity index (χ2v) is 5.88. The van der Waals surface area contributed by atoms with Crippen molar-refractivity contribution in [2.75, 3.05) is 6.54 Å². The zero-order valence-electron chi connectivity index (χ0n) is 11.7. The Hall–Kier alpha value is -1.95. The number of hydrogen-bond donors (Lipinski definition) is 2. The molecule has 1 aromatic carbocycles. The molecule has 3 atom stereocenters. The van der Waals surface area contributed by atoms with E-state index < -0.39 is 4.92 Å². The maximum Gasteiger partial charge on any atom is 0.269 e. The minimum Gasteiger partial charge on any atom is -0.351 e. The van der Waals surface area contributed by atoms with Gasteiger partial charge in [-0.1, -0.05) is 18.6 Å². The normalized spacial score (nSPS) is 27.3. The summed E-state index contributed by atoms with van der Waals surface area (Å²) in [5.74, 6) is 1.17. The molecule has 1 aliphatic heterocycles. The number of nitro groups is 1. The van der Waals surface area contributed by atoms with Gasteiger partial charge in [0.25, 0.3) is 5.69 Å². The third-order valence-corrected chi connectivity index (χ3v) is 4.64. The maximum absolute atomic E-state index is 12.3. The molecule has 0 radical (unpaired) electrons. The van der Waals surface area contributed by atoms with Crippen molar-refractivity contribution in [3.63, 3.8) is 0 Å². The molecule has 1 aromatic rings. The van der Waals surface area contributed by atoms with Crippen LogP contribution < -0.4 is 10.6 Å². The minimum atomic E-state index is -0.426. The van der Waals surface area contributed by atoms with Gasteiger partial charge in [0, 0.05) is 18.7 Å². The lowest BCUT2D eigenvalue weighted by Gasteiger charge is -2.17. The fourth-order valence-electron chi connectivity index (χ4n) is 3.51. The highest BCUT2D eigenvalue weighted by Gasteiger charge is 2.42. The van der Waals surface area contributed by atoms with Crippen LogP contribution in [0.1, 0.15) is 24.8 Å². The molecule has 2 fully saturated rings. The third kappa shape index (κ3) is 2.90. The van der Waals surface area contributed by atoms with E-state index >= 15 is 0 Å². The van der Waals surface area contributed by atoms with Crippen LogP contribution in [-0.2, 0) is 11.3 Å². The minimum absolute atomic E-state index is 0.0442. The molecule has 6 heteroatoms. The van der Waals surface area contributed by atoms with Gasteiger partial charge in [0.05, 0.1) is 11.0 Å². The van der Waals surface area contributed by atoms with Gasteiger partial charge in [-0.25, -0.2) is 0 Å². The van der Waals surface area contributed by atoms with E-state index in [-0.39, 0.29) is 17.6 Å². The summed E-state index contributed by atoms with van der Waals surface area (Å²) < 4.78 is 0. The Labute approximate surface area is 123 Å². The Balaban J connectivity index is 1.55. The van der Waals surface area contributed by atoms with Crippen LogP contribution in [0.5, 0.6) is 0 Å². The number of carbonyl (C=O) groups is 1. The predicted molar refractivity (Wildman–Crippen MR) is 77.6 cm³/mol. The van der Waals surface area contributed by atoms with Gasteiger partial charge in [-0.15, -0.1) is 0 Å². The Kier molecular flexibility index (Phi) is 3.88. The van der Waals surface area contributed by atoms with E-state index in [0.29, 0.717) is 18.4 Å². The lowest BCUT2D eigenvalue weighted by molar-refractivity contribution is -0.384. The number of benzene rings is 1. The number of rotatable bonds is 4. The number of nitrogens with one attached hydrogen (secondary N) is 2. The van der Waals surface area contributed by atoms with Crippen LogP contribution in [0, 0.1) is 22.0 Å². The first-order chi connectivity index (χ1) is 10.1. The van der Waals surface area contributed by atoms with Crippen LogP contribution in [-0.4, -0.2) is 23.4 Å². The predicted octanol–water partition coefficient (Wildman–Crippen LogP) is 1.60. The summed E-state index contributed by atoms with van der Waals surface area (Å²) in [5, 5.41) is 16.8. The number of nitro benzene ring substituents is 1. The molecule has 3 unspecified atom stereocenters. The van der Waals surface area contributed by atoms with Crippen LogP contribution in [0.15, 0.2) is 24.3 Å². The lowest BCUT2D eigenvalue weighted by atomic mass is 9.93. The van der Waals surface area contributed by atoms with Crippen molar-refractivity contribution in [1.29, 1.82) is 0 Å². The average molecular weight is 289 g/mol. The van der Waals surface area contributed by atoms with Gasteiger partial charge in [0.1, 0.15) is 0 Å². The summed E-state index contributed by atoms with van der Waals surface area (Å²) in [4.78, 5) is 22.4. The number of nitrogens with zero attached hydrogens (tertiary/aromatic N) is 1. The summed E-state index contributed by atoms with van der Waals surface area (Å²) in [7, 11) is 0.